The summed E-state index contributed by atoms with van der Waals surface area (Å²) in [4.78, 5) is 48.8. The minimum Gasteiger partial charge on any atom is -0.446 e. The zero-order chi connectivity index (χ0) is 33.3. The molecule has 2 aliphatic carbocycles. The predicted molar refractivity (Wildman–Crippen MR) is 165 cm³/mol. The number of nitrogens with zero attached hydrogens (tertiary/aromatic N) is 2. The molecule has 0 atom stereocenters. The number of aromatic nitrogens is 2. The van der Waals surface area contributed by atoms with Gasteiger partial charge < -0.3 is 21.1 Å². The third-order valence-electron chi connectivity index (χ3n) is 8.05. The van der Waals surface area contributed by atoms with Crippen molar-refractivity contribution in [3.63, 3.8) is 0 Å². The first-order chi connectivity index (χ1) is 20.8. The van der Waals surface area contributed by atoms with Crippen LogP contribution in [0.15, 0.2) is 18.2 Å². The fourth-order valence-corrected chi connectivity index (χ4v) is 6.98. The van der Waals surface area contributed by atoms with E-state index in [9.17, 15) is 32.3 Å². The number of nitrogens with one attached hydrogen (secondary N) is 2. The number of benzene rings is 1. The lowest BCUT2D eigenvalue weighted by atomic mass is 9.75. The van der Waals surface area contributed by atoms with Crippen LogP contribution in [-0.2, 0) is 22.1 Å². The highest BCUT2D eigenvalue weighted by molar-refractivity contribution is 8.14. The van der Waals surface area contributed by atoms with Crippen LogP contribution in [0.2, 0.25) is 0 Å². The van der Waals surface area contributed by atoms with E-state index in [0.29, 0.717) is 44.3 Å². The topological polar surface area (TPSA) is 145 Å². The molecule has 2 aromatic rings. The molecule has 2 amide bonds. The quantitative estimate of drug-likeness (QED) is 0.298. The molecule has 246 valence electrons. The lowest BCUT2D eigenvalue weighted by molar-refractivity contribution is -0.141. The van der Waals surface area contributed by atoms with Crippen LogP contribution in [0.5, 0.6) is 0 Å². The number of Topliss-reactive ketones (excluding diaryl/α,β-unsaturated/α-hetero) is 1. The molecule has 1 heterocycles. The Balaban J connectivity index is 1.45. The molecule has 2 aliphatic rings. The van der Waals surface area contributed by atoms with Crippen LogP contribution in [-0.4, -0.2) is 56.1 Å². The van der Waals surface area contributed by atoms with Gasteiger partial charge in [0.05, 0.1) is 22.5 Å². The van der Waals surface area contributed by atoms with Crippen LogP contribution in [0.25, 0.3) is 5.69 Å². The standard InChI is InChI=1S/C31H40F3N5O5S/c1-17(40)45-30(4,5)12-13-36-28(43)44-20-9-6-18(7-10-20)37-22-14-19(8-11-21(22)27(35)42)39-23-15-29(2,3)16-24(41)25(23)26(38-39)31(32,33)34/h8,11,14,18,20,37H,6-7,9-10,12-13,15-16H2,1-5H3,(H2,35,42)(H,36,43). The van der Waals surface area contributed by atoms with Gasteiger partial charge in [0.1, 0.15) is 6.10 Å². The van der Waals surface area contributed by atoms with Gasteiger partial charge in [0, 0.05) is 36.4 Å². The van der Waals surface area contributed by atoms with E-state index in [0.717, 1.165) is 4.68 Å². The van der Waals surface area contributed by atoms with E-state index in [-0.39, 0.29) is 51.8 Å². The summed E-state index contributed by atoms with van der Waals surface area (Å²) in [7, 11) is 0. The van der Waals surface area contributed by atoms with E-state index < -0.39 is 40.6 Å². The molecule has 0 bridgehead atoms. The first kappa shape index (κ1) is 34.3. The highest BCUT2D eigenvalue weighted by atomic mass is 32.2. The maximum Gasteiger partial charge on any atom is 0.435 e. The average molecular weight is 652 g/mol. The number of ether oxygens (including phenoxy) is 1. The van der Waals surface area contributed by atoms with Crippen molar-refractivity contribution in [2.75, 3.05) is 11.9 Å². The van der Waals surface area contributed by atoms with Gasteiger partial charge in [0.2, 0.25) is 0 Å². The lowest BCUT2D eigenvalue weighted by Gasteiger charge is -2.30. The molecular formula is C31H40F3N5O5S. The molecule has 4 rings (SSSR count). The SMILES string of the molecule is CC(=O)SC(C)(C)CCNC(=O)OC1CCC(Nc2cc(-n3nc(C(F)(F)F)c4c3CC(C)(C)CC4=O)ccc2C(N)=O)CC1. The van der Waals surface area contributed by atoms with Crippen LogP contribution >= 0.6 is 11.8 Å². The molecule has 4 N–H and O–H groups in total. The van der Waals surface area contributed by atoms with Gasteiger partial charge in [-0.05, 0) is 62.1 Å². The Morgan fingerprint density at radius 2 is 1.80 bits per heavy atom. The smallest absolute Gasteiger partial charge is 0.435 e. The summed E-state index contributed by atoms with van der Waals surface area (Å²) in [5.41, 5.74) is 4.39. The summed E-state index contributed by atoms with van der Waals surface area (Å²) in [5.74, 6) is -1.31. The number of ketones is 1. The van der Waals surface area contributed by atoms with Crippen molar-refractivity contribution < 1.29 is 37.1 Å². The van der Waals surface area contributed by atoms with Crippen molar-refractivity contribution in [2.45, 2.75) is 103 Å². The van der Waals surface area contributed by atoms with E-state index in [1.54, 1.807) is 0 Å². The molecule has 1 aromatic carbocycles. The fraction of sp³-hybridized carbons (Fsp3) is 0.581. The van der Waals surface area contributed by atoms with Crippen LogP contribution in [0.4, 0.5) is 23.7 Å². The van der Waals surface area contributed by atoms with Crippen LogP contribution in [0.3, 0.4) is 0 Å². The number of alkyl carbamates (subject to hydrolysis) is 1. The number of carbonyl (C=O) groups is 4. The summed E-state index contributed by atoms with van der Waals surface area (Å²) in [6.07, 6.45) is -2.55. The first-order valence-corrected chi connectivity index (χ1v) is 15.7. The summed E-state index contributed by atoms with van der Waals surface area (Å²) in [6.45, 7) is 9.38. The van der Waals surface area contributed by atoms with Gasteiger partial charge in [-0.2, -0.15) is 18.3 Å². The van der Waals surface area contributed by atoms with Gasteiger partial charge >= 0.3 is 12.3 Å². The van der Waals surface area contributed by atoms with Gasteiger partial charge in [-0.25, -0.2) is 9.48 Å². The number of fused-ring (bicyclic) bond motifs is 1. The molecule has 14 heteroatoms. The molecule has 1 fully saturated rings. The molecular weight excluding hydrogens is 611 g/mol. The molecule has 45 heavy (non-hydrogen) atoms. The summed E-state index contributed by atoms with van der Waals surface area (Å²) in [6, 6.07) is 4.31. The normalized spacial score (nSPS) is 19.9. The second-order valence-corrected chi connectivity index (χ2v) is 15.1. The Hall–Kier alpha value is -3.55. The highest BCUT2D eigenvalue weighted by Crippen LogP contribution is 2.42. The number of hydrogen-bond donors (Lipinski definition) is 3. The third-order valence-corrected chi connectivity index (χ3v) is 9.09. The van der Waals surface area contributed by atoms with Gasteiger partial charge in [-0.3, -0.25) is 14.4 Å². The maximum atomic E-state index is 13.9. The van der Waals surface area contributed by atoms with Gasteiger partial charge in [-0.15, -0.1) is 0 Å². The van der Waals surface area contributed by atoms with E-state index in [1.807, 2.05) is 27.7 Å². The Labute approximate surface area is 264 Å². The Morgan fingerprint density at radius 3 is 2.40 bits per heavy atom. The minimum atomic E-state index is -4.82. The number of alkyl halides is 3. The van der Waals surface area contributed by atoms with Gasteiger partial charge in [-0.1, -0.05) is 39.5 Å². The van der Waals surface area contributed by atoms with Gasteiger partial charge in [0.25, 0.3) is 5.91 Å². The van der Waals surface area contributed by atoms with Crippen LogP contribution < -0.4 is 16.4 Å². The molecule has 1 saturated carbocycles. The average Bonchev–Trinajstić information content (AvgIpc) is 3.28. The number of carbonyl (C=O) groups excluding carboxylic acids is 4. The van der Waals surface area contributed by atoms with Crippen molar-refractivity contribution in [3.8, 4) is 5.69 Å². The van der Waals surface area contributed by atoms with E-state index in [4.69, 9.17) is 10.5 Å². The Kier molecular flexibility index (Phi) is 9.96. The minimum absolute atomic E-state index is 0.0130. The zero-order valence-corrected chi connectivity index (χ0v) is 26.9. The number of thioether (sulfide) groups is 1. The molecule has 0 spiro atoms. The maximum absolute atomic E-state index is 13.9. The van der Waals surface area contributed by atoms with Crippen molar-refractivity contribution in [3.05, 3.63) is 40.7 Å². The van der Waals surface area contributed by atoms with Crippen molar-refractivity contribution in [1.82, 2.24) is 15.1 Å². The highest BCUT2D eigenvalue weighted by Gasteiger charge is 2.45. The zero-order valence-electron chi connectivity index (χ0n) is 26.1. The summed E-state index contributed by atoms with van der Waals surface area (Å²) >= 11 is 1.22. The number of hydrogen-bond acceptors (Lipinski definition) is 8. The number of anilines is 1. The number of nitrogens with two attached hydrogens (primary N) is 1. The third kappa shape index (κ3) is 8.59. The molecule has 1 aromatic heterocycles. The van der Waals surface area contributed by atoms with E-state index >= 15 is 0 Å². The number of primary amides is 1. The second-order valence-electron chi connectivity index (χ2n) is 13.2. The lowest BCUT2D eigenvalue weighted by Crippen LogP contribution is -2.36. The molecule has 0 aliphatic heterocycles. The number of amides is 2. The molecule has 0 radical (unpaired) electrons. The van der Waals surface area contributed by atoms with Crippen LogP contribution in [0.1, 0.15) is 105 Å². The summed E-state index contributed by atoms with van der Waals surface area (Å²) < 4.78 is 48.2. The second kappa shape index (κ2) is 13.1. The fourth-order valence-electron chi connectivity index (χ4n) is 6.00. The first-order valence-electron chi connectivity index (χ1n) is 14.9. The number of rotatable bonds is 9. The predicted octanol–water partition coefficient (Wildman–Crippen LogP) is 6.04. The Morgan fingerprint density at radius 1 is 1.13 bits per heavy atom. The van der Waals surface area contributed by atoms with E-state index in [1.165, 1.54) is 36.9 Å². The number of halogens is 3. The molecule has 10 nitrogen and oxygen atoms in total. The molecule has 0 saturated heterocycles. The molecule has 0 unspecified atom stereocenters. The largest absolute Gasteiger partial charge is 0.446 e. The van der Waals surface area contributed by atoms with E-state index in [2.05, 4.69) is 15.7 Å². The summed E-state index contributed by atoms with van der Waals surface area (Å²) in [5, 5.41) is 9.91. The Bertz CT molecular complexity index is 1480. The van der Waals surface area contributed by atoms with Crippen molar-refractivity contribution >= 4 is 40.3 Å². The van der Waals surface area contributed by atoms with Gasteiger partial charge in [0.15, 0.2) is 16.6 Å². The monoisotopic (exact) mass is 651 g/mol. The van der Waals surface area contributed by atoms with Crippen molar-refractivity contribution in [1.29, 1.82) is 0 Å². The van der Waals surface area contributed by atoms with Crippen molar-refractivity contribution in [2.24, 2.45) is 11.1 Å². The van der Waals surface area contributed by atoms with Crippen LogP contribution in [0, 0.1) is 5.41 Å².